The number of para-hydroxylation sites is 1. The summed E-state index contributed by atoms with van der Waals surface area (Å²) in [6.07, 6.45) is 0. The number of carbonyl (C=O) groups is 1. The van der Waals surface area contributed by atoms with Gasteiger partial charge in [-0.2, -0.15) is 0 Å². The summed E-state index contributed by atoms with van der Waals surface area (Å²) in [5.74, 6) is -0.928. The summed E-state index contributed by atoms with van der Waals surface area (Å²) in [5, 5.41) is 3.08. The maximum atomic E-state index is 12.9. The number of anilines is 1. The Bertz CT molecular complexity index is 601. The molecule has 18 heavy (non-hydrogen) atoms. The first kappa shape index (κ1) is 12.9. The van der Waals surface area contributed by atoms with Crippen LogP contribution in [0.3, 0.4) is 0 Å². The van der Waals surface area contributed by atoms with Gasteiger partial charge in [0.1, 0.15) is 5.82 Å². The monoisotopic (exact) mass is 283 g/mol. The van der Waals surface area contributed by atoms with Crippen LogP contribution in [0.25, 0.3) is 0 Å². The quantitative estimate of drug-likeness (QED) is 0.870. The number of carbonyl (C=O) groups excluding carboxylic acids is 1. The molecule has 92 valence electrons. The molecular formula is C13H8Cl2FNO. The van der Waals surface area contributed by atoms with Crippen molar-refractivity contribution >= 4 is 34.8 Å². The Labute approximate surface area is 113 Å². The number of hydrogen-bond donors (Lipinski definition) is 1. The van der Waals surface area contributed by atoms with Gasteiger partial charge in [0.05, 0.1) is 21.3 Å². The normalized spacial score (nSPS) is 10.2. The zero-order valence-electron chi connectivity index (χ0n) is 9.08. The zero-order valence-corrected chi connectivity index (χ0v) is 10.6. The van der Waals surface area contributed by atoms with E-state index in [-0.39, 0.29) is 10.6 Å². The molecule has 2 rings (SSSR count). The second-order valence-corrected chi connectivity index (χ2v) is 4.37. The van der Waals surface area contributed by atoms with Crippen LogP contribution in [-0.4, -0.2) is 5.91 Å². The second kappa shape index (κ2) is 5.38. The molecule has 0 radical (unpaired) electrons. The van der Waals surface area contributed by atoms with Gasteiger partial charge in [-0.15, -0.1) is 0 Å². The fraction of sp³-hybridized carbons (Fsp3) is 0. The van der Waals surface area contributed by atoms with Crippen LogP contribution >= 0.6 is 23.2 Å². The summed E-state index contributed by atoms with van der Waals surface area (Å²) >= 11 is 11.7. The van der Waals surface area contributed by atoms with Gasteiger partial charge in [-0.3, -0.25) is 4.79 Å². The predicted molar refractivity (Wildman–Crippen MR) is 70.8 cm³/mol. The van der Waals surface area contributed by atoms with E-state index in [4.69, 9.17) is 23.2 Å². The van der Waals surface area contributed by atoms with Gasteiger partial charge in [0.25, 0.3) is 5.91 Å². The number of benzene rings is 2. The summed E-state index contributed by atoms with van der Waals surface area (Å²) in [6, 6.07) is 10.4. The SMILES string of the molecule is O=C(Nc1ccccc1Cl)c1ccc(F)cc1Cl. The molecule has 0 aliphatic heterocycles. The molecule has 5 heteroatoms. The van der Waals surface area contributed by atoms with Gasteiger partial charge >= 0.3 is 0 Å². The van der Waals surface area contributed by atoms with E-state index in [1.165, 1.54) is 12.1 Å². The molecule has 0 spiro atoms. The minimum Gasteiger partial charge on any atom is -0.321 e. The maximum Gasteiger partial charge on any atom is 0.257 e. The van der Waals surface area contributed by atoms with Crippen LogP contribution in [0.1, 0.15) is 10.4 Å². The lowest BCUT2D eigenvalue weighted by atomic mass is 10.2. The van der Waals surface area contributed by atoms with E-state index in [0.29, 0.717) is 10.7 Å². The molecule has 1 amide bonds. The molecule has 0 atom stereocenters. The highest BCUT2D eigenvalue weighted by atomic mass is 35.5. The van der Waals surface area contributed by atoms with Crippen molar-refractivity contribution in [3.8, 4) is 0 Å². The van der Waals surface area contributed by atoms with Gasteiger partial charge in [-0.05, 0) is 30.3 Å². The smallest absolute Gasteiger partial charge is 0.257 e. The predicted octanol–water partition coefficient (Wildman–Crippen LogP) is 4.38. The lowest BCUT2D eigenvalue weighted by Gasteiger charge is -2.08. The summed E-state index contributed by atoms with van der Waals surface area (Å²) < 4.78 is 12.9. The van der Waals surface area contributed by atoms with Crippen LogP contribution in [0.2, 0.25) is 10.0 Å². The van der Waals surface area contributed by atoms with Crippen molar-refractivity contribution in [2.75, 3.05) is 5.32 Å². The number of rotatable bonds is 2. The van der Waals surface area contributed by atoms with Crippen molar-refractivity contribution in [2.45, 2.75) is 0 Å². The molecule has 2 aromatic rings. The molecule has 0 saturated heterocycles. The Morgan fingerprint density at radius 1 is 1.06 bits per heavy atom. The minimum atomic E-state index is -0.491. The number of hydrogen-bond acceptors (Lipinski definition) is 1. The molecule has 0 heterocycles. The lowest BCUT2D eigenvalue weighted by molar-refractivity contribution is 0.102. The molecule has 2 aromatic carbocycles. The molecule has 0 bridgehead atoms. The first-order valence-corrected chi connectivity index (χ1v) is 5.84. The van der Waals surface area contributed by atoms with Gasteiger partial charge < -0.3 is 5.32 Å². The maximum absolute atomic E-state index is 12.9. The molecule has 0 unspecified atom stereocenters. The minimum absolute atomic E-state index is 0.0551. The Morgan fingerprint density at radius 3 is 2.44 bits per heavy atom. The standard InChI is InChI=1S/C13H8Cl2FNO/c14-10-3-1-2-4-12(10)17-13(18)9-6-5-8(16)7-11(9)15/h1-7H,(H,17,18). The largest absolute Gasteiger partial charge is 0.321 e. The molecule has 0 saturated carbocycles. The third-order valence-corrected chi connectivity index (χ3v) is 2.94. The van der Waals surface area contributed by atoms with E-state index in [9.17, 15) is 9.18 Å². The van der Waals surface area contributed by atoms with E-state index >= 15 is 0 Å². The first-order valence-electron chi connectivity index (χ1n) is 5.09. The summed E-state index contributed by atoms with van der Waals surface area (Å²) in [5.41, 5.74) is 0.669. The van der Waals surface area contributed by atoms with E-state index < -0.39 is 11.7 Å². The van der Waals surface area contributed by atoms with Gasteiger partial charge in [0, 0.05) is 0 Å². The van der Waals surface area contributed by atoms with Crippen molar-refractivity contribution in [3.05, 3.63) is 63.9 Å². The number of nitrogens with one attached hydrogen (secondary N) is 1. The molecular weight excluding hydrogens is 276 g/mol. The van der Waals surface area contributed by atoms with Crippen LogP contribution in [-0.2, 0) is 0 Å². The first-order chi connectivity index (χ1) is 8.58. The van der Waals surface area contributed by atoms with Crippen molar-refractivity contribution in [3.63, 3.8) is 0 Å². The lowest BCUT2D eigenvalue weighted by Crippen LogP contribution is -2.12. The molecule has 1 N–H and O–H groups in total. The van der Waals surface area contributed by atoms with Crippen LogP contribution in [0, 0.1) is 5.82 Å². The number of amides is 1. The van der Waals surface area contributed by atoms with E-state index in [2.05, 4.69) is 5.32 Å². The number of halogens is 3. The molecule has 0 fully saturated rings. The molecule has 0 aliphatic carbocycles. The van der Waals surface area contributed by atoms with E-state index in [1.54, 1.807) is 24.3 Å². The second-order valence-electron chi connectivity index (χ2n) is 3.56. The summed E-state index contributed by atoms with van der Waals surface area (Å²) in [4.78, 5) is 11.9. The Kier molecular flexibility index (Phi) is 3.84. The average molecular weight is 284 g/mol. The van der Waals surface area contributed by atoms with E-state index in [1.807, 2.05) is 0 Å². The Morgan fingerprint density at radius 2 is 1.78 bits per heavy atom. The molecule has 2 nitrogen and oxygen atoms in total. The van der Waals surface area contributed by atoms with Gasteiger partial charge in [-0.25, -0.2) is 4.39 Å². The van der Waals surface area contributed by atoms with Gasteiger partial charge in [0.15, 0.2) is 0 Å². The Balaban J connectivity index is 2.25. The highest BCUT2D eigenvalue weighted by molar-refractivity contribution is 6.35. The fourth-order valence-corrected chi connectivity index (χ4v) is 1.86. The fourth-order valence-electron chi connectivity index (χ4n) is 1.43. The summed E-state index contributed by atoms with van der Waals surface area (Å²) in [7, 11) is 0. The molecule has 0 aromatic heterocycles. The van der Waals surface area contributed by atoms with Crippen LogP contribution in [0.15, 0.2) is 42.5 Å². The Hall–Kier alpha value is -1.58. The third kappa shape index (κ3) is 2.81. The molecule has 0 aliphatic rings. The topological polar surface area (TPSA) is 29.1 Å². The highest BCUT2D eigenvalue weighted by Gasteiger charge is 2.12. The average Bonchev–Trinajstić information content (AvgIpc) is 2.32. The van der Waals surface area contributed by atoms with Crippen molar-refractivity contribution in [1.29, 1.82) is 0 Å². The van der Waals surface area contributed by atoms with Crippen molar-refractivity contribution < 1.29 is 9.18 Å². The van der Waals surface area contributed by atoms with E-state index in [0.717, 1.165) is 6.07 Å². The van der Waals surface area contributed by atoms with Crippen LogP contribution < -0.4 is 5.32 Å². The van der Waals surface area contributed by atoms with Gasteiger partial charge in [0.2, 0.25) is 0 Å². The third-order valence-electron chi connectivity index (χ3n) is 2.30. The zero-order chi connectivity index (χ0) is 13.1. The summed E-state index contributed by atoms with van der Waals surface area (Å²) in [6.45, 7) is 0. The van der Waals surface area contributed by atoms with Crippen molar-refractivity contribution in [1.82, 2.24) is 0 Å². The van der Waals surface area contributed by atoms with Crippen molar-refractivity contribution in [2.24, 2.45) is 0 Å². The highest BCUT2D eigenvalue weighted by Crippen LogP contribution is 2.23. The van der Waals surface area contributed by atoms with Crippen LogP contribution in [0.5, 0.6) is 0 Å². The van der Waals surface area contributed by atoms with Gasteiger partial charge in [-0.1, -0.05) is 35.3 Å². The van der Waals surface area contributed by atoms with Crippen LogP contribution in [0.4, 0.5) is 10.1 Å².